The van der Waals surface area contributed by atoms with E-state index in [0.717, 1.165) is 5.56 Å². The van der Waals surface area contributed by atoms with E-state index in [-0.39, 0.29) is 11.5 Å². The monoisotopic (exact) mass is 307 g/mol. The van der Waals surface area contributed by atoms with E-state index >= 15 is 0 Å². The molecular formula is C12H14ClN7O. The molecular weight excluding hydrogens is 294 g/mol. The molecule has 110 valence electrons. The normalized spacial score (nSPS) is 11.0. The van der Waals surface area contributed by atoms with Gasteiger partial charge in [-0.1, -0.05) is 40.2 Å². The number of carbonyl (C=O) groups is 1. The van der Waals surface area contributed by atoms with Crippen molar-refractivity contribution in [1.82, 2.24) is 20.0 Å². The van der Waals surface area contributed by atoms with Crippen LogP contribution in [0.15, 0.2) is 34.6 Å². The lowest BCUT2D eigenvalue weighted by atomic mass is 10.2. The molecule has 0 aliphatic carbocycles. The van der Waals surface area contributed by atoms with Crippen molar-refractivity contribution >= 4 is 23.3 Å². The molecule has 9 heteroatoms. The average molecular weight is 308 g/mol. The number of benzene rings is 1. The predicted molar refractivity (Wildman–Crippen MR) is 77.3 cm³/mol. The Morgan fingerprint density at radius 2 is 2.14 bits per heavy atom. The molecule has 21 heavy (non-hydrogen) atoms. The Bertz CT molecular complexity index is 680. The van der Waals surface area contributed by atoms with Gasteiger partial charge in [0.2, 0.25) is 5.82 Å². The fourth-order valence-electron chi connectivity index (χ4n) is 1.59. The van der Waals surface area contributed by atoms with E-state index in [2.05, 4.69) is 20.6 Å². The molecule has 0 bridgehead atoms. The van der Waals surface area contributed by atoms with E-state index in [1.54, 1.807) is 20.2 Å². The summed E-state index contributed by atoms with van der Waals surface area (Å²) in [6.07, 6.45) is 0. The highest BCUT2D eigenvalue weighted by Gasteiger charge is 2.18. The summed E-state index contributed by atoms with van der Waals surface area (Å²) in [4.78, 5) is 11.4. The molecule has 0 atom stereocenters. The van der Waals surface area contributed by atoms with Crippen molar-refractivity contribution in [3.63, 3.8) is 0 Å². The van der Waals surface area contributed by atoms with Crippen molar-refractivity contribution in [2.75, 3.05) is 14.1 Å². The van der Waals surface area contributed by atoms with Gasteiger partial charge in [-0.3, -0.25) is 9.80 Å². The minimum absolute atomic E-state index is 0.0346. The maximum absolute atomic E-state index is 11.4. The van der Waals surface area contributed by atoms with Crippen LogP contribution in [0.3, 0.4) is 0 Å². The zero-order chi connectivity index (χ0) is 15.4. The molecule has 0 fully saturated rings. The van der Waals surface area contributed by atoms with Crippen LogP contribution in [0.5, 0.6) is 0 Å². The summed E-state index contributed by atoms with van der Waals surface area (Å²) in [5, 5.41) is 17.5. The smallest absolute Gasteiger partial charge is 0.273 e. The summed E-state index contributed by atoms with van der Waals surface area (Å²) < 4.78 is 1.42. The Morgan fingerprint density at radius 1 is 1.43 bits per heavy atom. The Balaban J connectivity index is 2.40. The van der Waals surface area contributed by atoms with Crippen LogP contribution in [-0.2, 0) is 6.54 Å². The number of aromatic nitrogens is 3. The minimum Gasteiger partial charge on any atom is -0.364 e. The molecule has 0 spiro atoms. The van der Waals surface area contributed by atoms with Gasteiger partial charge in [0.1, 0.15) is 0 Å². The van der Waals surface area contributed by atoms with Crippen LogP contribution in [0.25, 0.3) is 0 Å². The summed E-state index contributed by atoms with van der Waals surface area (Å²) in [6.45, 7) is 0.307. The zero-order valence-corrected chi connectivity index (χ0v) is 12.3. The highest BCUT2D eigenvalue weighted by molar-refractivity contribution is 6.31. The van der Waals surface area contributed by atoms with Crippen molar-refractivity contribution < 1.29 is 4.79 Å². The third kappa shape index (κ3) is 3.54. The van der Waals surface area contributed by atoms with Crippen molar-refractivity contribution in [3.8, 4) is 0 Å². The summed E-state index contributed by atoms with van der Waals surface area (Å²) in [6, 6.07) is 7.30. The second-order valence-electron chi connectivity index (χ2n) is 4.41. The molecule has 0 saturated heterocycles. The lowest BCUT2D eigenvalue weighted by molar-refractivity contribution is 0.0996. The molecule has 0 aliphatic rings. The number of primary amides is 1. The highest BCUT2D eigenvalue weighted by atomic mass is 35.5. The van der Waals surface area contributed by atoms with Gasteiger partial charge < -0.3 is 5.73 Å². The van der Waals surface area contributed by atoms with Gasteiger partial charge in [0.25, 0.3) is 5.91 Å². The maximum Gasteiger partial charge on any atom is 0.273 e. The Hall–Kier alpha value is -2.48. The summed E-state index contributed by atoms with van der Waals surface area (Å²) in [5.41, 5.74) is 6.05. The number of halogens is 1. The number of amides is 1. The maximum atomic E-state index is 11.4. The van der Waals surface area contributed by atoms with Gasteiger partial charge in [-0.25, -0.2) is 4.68 Å². The SMILES string of the molecule is CN(C)/N=N/c1c(C(N)=O)nnn1Cc1ccccc1Cl. The fraction of sp³-hybridized carbons (Fsp3) is 0.250. The van der Waals surface area contributed by atoms with Crippen molar-refractivity contribution in [2.45, 2.75) is 6.54 Å². The molecule has 2 N–H and O–H groups in total. The van der Waals surface area contributed by atoms with E-state index in [0.29, 0.717) is 11.6 Å². The van der Waals surface area contributed by atoms with Crippen molar-refractivity contribution in [2.24, 2.45) is 16.1 Å². The summed E-state index contributed by atoms with van der Waals surface area (Å²) in [5.74, 6) is -0.524. The topological polar surface area (TPSA) is 102 Å². The Kier molecular flexibility index (Phi) is 4.49. The minimum atomic E-state index is -0.715. The largest absolute Gasteiger partial charge is 0.364 e. The Morgan fingerprint density at radius 3 is 2.76 bits per heavy atom. The third-order valence-electron chi connectivity index (χ3n) is 2.54. The van der Waals surface area contributed by atoms with Gasteiger partial charge >= 0.3 is 0 Å². The van der Waals surface area contributed by atoms with E-state index in [1.807, 2.05) is 18.2 Å². The Labute approximate surface area is 126 Å². The van der Waals surface area contributed by atoms with Crippen LogP contribution in [0.2, 0.25) is 5.02 Å². The van der Waals surface area contributed by atoms with Gasteiger partial charge in [0.05, 0.1) is 6.54 Å². The van der Waals surface area contributed by atoms with Crippen LogP contribution >= 0.6 is 11.6 Å². The quantitative estimate of drug-likeness (QED) is 0.670. The molecule has 2 rings (SSSR count). The molecule has 1 aromatic carbocycles. The number of nitrogens with zero attached hydrogens (tertiary/aromatic N) is 6. The van der Waals surface area contributed by atoms with E-state index in [1.165, 1.54) is 9.69 Å². The molecule has 0 aliphatic heterocycles. The zero-order valence-electron chi connectivity index (χ0n) is 11.6. The second kappa shape index (κ2) is 6.31. The van der Waals surface area contributed by atoms with Crippen molar-refractivity contribution in [1.29, 1.82) is 0 Å². The molecule has 0 saturated carbocycles. The van der Waals surface area contributed by atoms with Gasteiger partial charge in [-0.2, -0.15) is 0 Å². The molecule has 8 nitrogen and oxygen atoms in total. The first kappa shape index (κ1) is 14.9. The van der Waals surface area contributed by atoms with Gasteiger partial charge in [-0.05, 0) is 11.6 Å². The second-order valence-corrected chi connectivity index (χ2v) is 4.82. The van der Waals surface area contributed by atoms with E-state index in [9.17, 15) is 4.79 Å². The van der Waals surface area contributed by atoms with Gasteiger partial charge in [-0.15, -0.1) is 10.2 Å². The number of hydrogen-bond acceptors (Lipinski definition) is 5. The van der Waals surface area contributed by atoms with Crippen molar-refractivity contribution in [3.05, 3.63) is 40.5 Å². The van der Waals surface area contributed by atoms with Gasteiger partial charge in [0, 0.05) is 19.1 Å². The molecule has 1 aromatic heterocycles. The first-order valence-corrected chi connectivity index (χ1v) is 6.42. The number of carbonyl (C=O) groups excluding carboxylic acids is 1. The molecule has 2 aromatic rings. The molecule has 1 heterocycles. The molecule has 0 unspecified atom stereocenters. The lowest BCUT2D eigenvalue weighted by Gasteiger charge is -2.06. The van der Waals surface area contributed by atoms with Crippen LogP contribution in [0, 0.1) is 0 Å². The van der Waals surface area contributed by atoms with Crippen LogP contribution < -0.4 is 5.73 Å². The first-order chi connectivity index (χ1) is 9.99. The first-order valence-electron chi connectivity index (χ1n) is 6.04. The van der Waals surface area contributed by atoms with E-state index < -0.39 is 5.91 Å². The van der Waals surface area contributed by atoms with Crippen LogP contribution in [0.4, 0.5) is 5.82 Å². The third-order valence-corrected chi connectivity index (χ3v) is 2.91. The lowest BCUT2D eigenvalue weighted by Crippen LogP contribution is -2.12. The summed E-state index contributed by atoms with van der Waals surface area (Å²) in [7, 11) is 3.41. The number of rotatable bonds is 5. The molecule has 0 radical (unpaired) electrons. The standard InChI is InChI=1S/C12H14ClN7O/c1-19(2)17-16-12-10(11(14)21)15-18-20(12)7-8-5-3-4-6-9(8)13/h3-6H,7H2,1-2H3,(H2,14,21)/b17-16+. The number of hydrogen-bond donors (Lipinski definition) is 1. The van der Waals surface area contributed by atoms with E-state index in [4.69, 9.17) is 17.3 Å². The highest BCUT2D eigenvalue weighted by Crippen LogP contribution is 2.21. The van der Waals surface area contributed by atoms with Crippen LogP contribution in [-0.4, -0.2) is 40.0 Å². The predicted octanol–water partition coefficient (Wildman–Crippen LogP) is 1.64. The summed E-state index contributed by atoms with van der Waals surface area (Å²) >= 11 is 6.11. The van der Waals surface area contributed by atoms with Crippen LogP contribution in [0.1, 0.15) is 16.1 Å². The average Bonchev–Trinajstić information content (AvgIpc) is 2.82. The fourth-order valence-corrected chi connectivity index (χ4v) is 1.79. The van der Waals surface area contributed by atoms with Gasteiger partial charge in [0.15, 0.2) is 5.69 Å². The number of nitrogens with two attached hydrogens (primary N) is 1. The molecule has 1 amide bonds.